The van der Waals surface area contributed by atoms with Gasteiger partial charge in [-0.2, -0.15) is 0 Å². The van der Waals surface area contributed by atoms with Gasteiger partial charge in [0.1, 0.15) is 0 Å². The summed E-state index contributed by atoms with van der Waals surface area (Å²) >= 11 is 0. The third-order valence-corrected chi connectivity index (χ3v) is 3.58. The van der Waals surface area contributed by atoms with Gasteiger partial charge < -0.3 is 4.80 Å². The van der Waals surface area contributed by atoms with E-state index in [9.17, 15) is 0 Å². The summed E-state index contributed by atoms with van der Waals surface area (Å²) < 4.78 is 0. The second kappa shape index (κ2) is 13.2. The molecule has 14 heavy (non-hydrogen) atoms. The summed E-state index contributed by atoms with van der Waals surface area (Å²) in [4.78, 5) is 8.73. The van der Waals surface area contributed by atoms with Crippen LogP contribution in [0.25, 0.3) is 0 Å². The number of hydrogen-bond donors (Lipinski definition) is 1. The Labute approximate surface area is 92.2 Å². The predicted molar refractivity (Wildman–Crippen MR) is 67.4 cm³/mol. The normalized spacial score (nSPS) is 11.6. The van der Waals surface area contributed by atoms with Crippen molar-refractivity contribution in [1.82, 2.24) is 0 Å². The van der Waals surface area contributed by atoms with Gasteiger partial charge in [0, 0.05) is 0 Å². The second-order valence-electron chi connectivity index (χ2n) is 4.26. The van der Waals surface area contributed by atoms with Crippen LogP contribution in [0.15, 0.2) is 0 Å². The number of unbranched alkanes of at least 4 members (excludes halogenated alkanes) is 9. The van der Waals surface area contributed by atoms with Crippen LogP contribution in [-0.4, -0.2) is 14.6 Å². The molecule has 0 saturated carbocycles. The minimum atomic E-state index is -0.640. The Hall–Kier alpha value is 0.177. The van der Waals surface area contributed by atoms with Crippen LogP contribution in [0.5, 0.6) is 0 Å². The summed E-state index contributed by atoms with van der Waals surface area (Å²) in [5, 5.41) is 0. The van der Waals surface area contributed by atoms with Crippen molar-refractivity contribution >= 4 is 9.76 Å². The number of rotatable bonds is 11. The maximum atomic E-state index is 8.73. The van der Waals surface area contributed by atoms with Crippen LogP contribution in [0, 0.1) is 0 Å². The molecular weight excluding hydrogens is 188 g/mol. The molecule has 86 valence electrons. The fourth-order valence-electron chi connectivity index (χ4n) is 1.78. The van der Waals surface area contributed by atoms with Gasteiger partial charge in [-0.3, -0.25) is 0 Å². The molecule has 0 atom stereocenters. The van der Waals surface area contributed by atoms with Gasteiger partial charge in [0.05, 0.1) is 0 Å². The molecule has 0 aromatic carbocycles. The van der Waals surface area contributed by atoms with E-state index in [4.69, 9.17) is 4.80 Å². The van der Waals surface area contributed by atoms with Crippen LogP contribution in [0.4, 0.5) is 0 Å². The van der Waals surface area contributed by atoms with Crippen molar-refractivity contribution in [1.29, 1.82) is 0 Å². The van der Waals surface area contributed by atoms with Gasteiger partial charge in [-0.05, 0) is 6.04 Å². The summed E-state index contributed by atoms with van der Waals surface area (Å²) in [6.07, 6.45) is 14.0. The molecule has 2 heteroatoms. The summed E-state index contributed by atoms with van der Waals surface area (Å²) in [6.45, 7) is 2.27. The van der Waals surface area contributed by atoms with E-state index in [2.05, 4.69) is 6.92 Å². The molecule has 0 saturated heterocycles. The lowest BCUT2D eigenvalue weighted by Gasteiger charge is -2.01. The molecule has 0 unspecified atom stereocenters. The van der Waals surface area contributed by atoms with Gasteiger partial charge >= 0.3 is 0 Å². The lowest BCUT2D eigenvalue weighted by atomic mass is 10.1. The zero-order valence-electron chi connectivity index (χ0n) is 9.93. The summed E-state index contributed by atoms with van der Waals surface area (Å²) in [5.74, 6) is 0. The molecule has 1 nitrogen and oxygen atoms in total. The van der Waals surface area contributed by atoms with Crippen LogP contribution < -0.4 is 0 Å². The quantitative estimate of drug-likeness (QED) is 0.414. The molecule has 0 aromatic heterocycles. The Morgan fingerprint density at radius 2 is 1.14 bits per heavy atom. The summed E-state index contributed by atoms with van der Waals surface area (Å²) in [6, 6.07) is 1.14. The molecule has 0 aliphatic carbocycles. The highest BCUT2D eigenvalue weighted by Gasteiger charge is 1.92. The van der Waals surface area contributed by atoms with Gasteiger partial charge in [0.2, 0.25) is 0 Å². The average molecular weight is 216 g/mol. The van der Waals surface area contributed by atoms with E-state index >= 15 is 0 Å². The van der Waals surface area contributed by atoms with E-state index in [1.807, 2.05) is 0 Å². The molecule has 0 aliphatic rings. The van der Waals surface area contributed by atoms with Crippen molar-refractivity contribution in [3.8, 4) is 0 Å². The predicted octanol–water partition coefficient (Wildman–Crippen LogP) is 3.40. The third kappa shape index (κ3) is 12.2. The van der Waals surface area contributed by atoms with Gasteiger partial charge in [-0.15, -0.1) is 0 Å². The maximum Gasteiger partial charge on any atom is 0.156 e. The molecule has 0 aromatic rings. The van der Waals surface area contributed by atoms with Crippen molar-refractivity contribution in [2.45, 2.75) is 77.2 Å². The SMILES string of the molecule is CCCCCCCCCCCC[SiH2]O. The Morgan fingerprint density at radius 1 is 0.714 bits per heavy atom. The minimum Gasteiger partial charge on any atom is -0.438 e. The zero-order chi connectivity index (χ0) is 10.5. The first kappa shape index (κ1) is 14.2. The smallest absolute Gasteiger partial charge is 0.156 e. The van der Waals surface area contributed by atoms with Gasteiger partial charge in [-0.25, -0.2) is 0 Å². The monoisotopic (exact) mass is 216 g/mol. The maximum absolute atomic E-state index is 8.73. The van der Waals surface area contributed by atoms with E-state index in [0.717, 1.165) is 6.04 Å². The highest BCUT2D eigenvalue weighted by atomic mass is 28.2. The first-order valence-electron chi connectivity index (χ1n) is 6.52. The van der Waals surface area contributed by atoms with Gasteiger partial charge in [0.25, 0.3) is 0 Å². The van der Waals surface area contributed by atoms with E-state index < -0.39 is 9.76 Å². The van der Waals surface area contributed by atoms with Gasteiger partial charge in [-0.1, -0.05) is 71.1 Å². The van der Waals surface area contributed by atoms with Crippen LogP contribution in [0.1, 0.15) is 71.1 Å². The summed E-state index contributed by atoms with van der Waals surface area (Å²) in [7, 11) is -0.640. The van der Waals surface area contributed by atoms with Crippen molar-refractivity contribution in [3.63, 3.8) is 0 Å². The molecule has 1 N–H and O–H groups in total. The fraction of sp³-hybridized carbons (Fsp3) is 1.00. The second-order valence-corrected chi connectivity index (χ2v) is 5.41. The minimum absolute atomic E-state index is 0.640. The molecular formula is C12H28OSi. The Bertz CT molecular complexity index is 84.3. The van der Waals surface area contributed by atoms with Crippen molar-refractivity contribution < 1.29 is 4.80 Å². The first-order chi connectivity index (χ1) is 6.91. The van der Waals surface area contributed by atoms with Crippen molar-refractivity contribution in [2.75, 3.05) is 0 Å². The molecule has 0 fully saturated rings. The summed E-state index contributed by atoms with van der Waals surface area (Å²) in [5.41, 5.74) is 0. The van der Waals surface area contributed by atoms with Crippen molar-refractivity contribution in [3.05, 3.63) is 0 Å². The standard InChI is InChI=1S/C12H28OSi/c1-2-3-4-5-6-7-8-9-10-11-12-14-13/h13H,2-12,14H2,1H3. The van der Waals surface area contributed by atoms with E-state index in [-0.39, 0.29) is 0 Å². The van der Waals surface area contributed by atoms with Crippen LogP contribution in [-0.2, 0) is 0 Å². The molecule has 0 bridgehead atoms. The molecule has 0 spiro atoms. The Kier molecular flexibility index (Phi) is 13.3. The molecule has 0 radical (unpaired) electrons. The highest BCUT2D eigenvalue weighted by molar-refractivity contribution is 6.25. The molecule has 0 heterocycles. The van der Waals surface area contributed by atoms with Crippen molar-refractivity contribution in [2.24, 2.45) is 0 Å². The first-order valence-corrected chi connectivity index (χ1v) is 8.16. The highest BCUT2D eigenvalue weighted by Crippen LogP contribution is 2.10. The largest absolute Gasteiger partial charge is 0.438 e. The Balaban J connectivity index is 2.78. The third-order valence-electron chi connectivity index (χ3n) is 2.76. The van der Waals surface area contributed by atoms with Crippen LogP contribution in [0.3, 0.4) is 0 Å². The van der Waals surface area contributed by atoms with E-state index in [0.29, 0.717) is 0 Å². The average Bonchev–Trinajstić information content (AvgIpc) is 2.21. The lowest BCUT2D eigenvalue weighted by Crippen LogP contribution is -1.86. The number of hydrogen-bond acceptors (Lipinski definition) is 1. The van der Waals surface area contributed by atoms with E-state index in [1.54, 1.807) is 0 Å². The van der Waals surface area contributed by atoms with E-state index in [1.165, 1.54) is 64.2 Å². The fourth-order valence-corrected chi connectivity index (χ4v) is 2.35. The van der Waals surface area contributed by atoms with Crippen LogP contribution >= 0.6 is 0 Å². The molecule has 0 rings (SSSR count). The van der Waals surface area contributed by atoms with Crippen LogP contribution in [0.2, 0.25) is 6.04 Å². The topological polar surface area (TPSA) is 20.2 Å². The zero-order valence-corrected chi connectivity index (χ0v) is 11.3. The molecule has 0 aliphatic heterocycles. The Morgan fingerprint density at radius 3 is 1.57 bits per heavy atom. The van der Waals surface area contributed by atoms with Gasteiger partial charge in [0.15, 0.2) is 9.76 Å². The molecule has 0 amide bonds. The lowest BCUT2D eigenvalue weighted by molar-refractivity contribution is 0.555.